The summed E-state index contributed by atoms with van der Waals surface area (Å²) in [5, 5.41) is 13.2. The predicted octanol–water partition coefficient (Wildman–Crippen LogP) is 3.56. The summed E-state index contributed by atoms with van der Waals surface area (Å²) in [4.78, 5) is 6.87. The molecule has 0 aliphatic rings. The number of hydrogen-bond donors (Lipinski definition) is 2. The summed E-state index contributed by atoms with van der Waals surface area (Å²) in [5.41, 5.74) is 4.12. The molecule has 25 heavy (non-hydrogen) atoms. The standard InChI is InChI=1S/C19H28N4O.HI/c1-6-20-19(23(5)13-17-8-7-9-22(17)4)21-12-16-10-14(2)18(24)15(3)11-16;/h7-11,24H,6,12-13H2,1-5H3,(H,20,21);1H. The molecule has 0 unspecified atom stereocenters. The lowest BCUT2D eigenvalue weighted by Crippen LogP contribution is -2.38. The Hall–Kier alpha value is -1.70. The number of aromatic hydroxyl groups is 1. The summed E-state index contributed by atoms with van der Waals surface area (Å²) in [6.45, 7) is 8.11. The molecule has 6 heteroatoms. The third-order valence-electron chi connectivity index (χ3n) is 4.11. The molecule has 1 aromatic heterocycles. The van der Waals surface area contributed by atoms with Gasteiger partial charge in [0, 0.05) is 32.5 Å². The molecular formula is C19H29IN4O. The van der Waals surface area contributed by atoms with Crippen LogP contribution in [0.2, 0.25) is 0 Å². The second-order valence-electron chi connectivity index (χ2n) is 6.21. The van der Waals surface area contributed by atoms with Crippen LogP contribution in [0.3, 0.4) is 0 Å². The zero-order valence-electron chi connectivity index (χ0n) is 15.7. The van der Waals surface area contributed by atoms with Gasteiger partial charge in [-0.05, 0) is 49.6 Å². The molecule has 138 valence electrons. The molecule has 0 bridgehead atoms. The maximum absolute atomic E-state index is 9.89. The maximum Gasteiger partial charge on any atom is 0.194 e. The fourth-order valence-corrected chi connectivity index (χ4v) is 2.75. The van der Waals surface area contributed by atoms with Crippen molar-refractivity contribution in [1.29, 1.82) is 0 Å². The molecule has 0 spiro atoms. The number of hydrogen-bond acceptors (Lipinski definition) is 2. The van der Waals surface area contributed by atoms with E-state index in [1.165, 1.54) is 5.69 Å². The molecule has 1 aromatic carbocycles. The molecule has 0 atom stereocenters. The molecule has 0 radical (unpaired) electrons. The van der Waals surface area contributed by atoms with Gasteiger partial charge in [-0.2, -0.15) is 0 Å². The van der Waals surface area contributed by atoms with Crippen molar-refractivity contribution < 1.29 is 5.11 Å². The largest absolute Gasteiger partial charge is 0.507 e. The molecule has 2 aromatic rings. The van der Waals surface area contributed by atoms with Crippen LogP contribution in [-0.2, 0) is 20.1 Å². The minimum Gasteiger partial charge on any atom is -0.507 e. The number of nitrogens with zero attached hydrogens (tertiary/aromatic N) is 3. The van der Waals surface area contributed by atoms with Gasteiger partial charge in [-0.25, -0.2) is 4.99 Å². The number of nitrogens with one attached hydrogen (secondary N) is 1. The highest BCUT2D eigenvalue weighted by Gasteiger charge is 2.09. The first-order valence-electron chi connectivity index (χ1n) is 8.31. The van der Waals surface area contributed by atoms with Crippen LogP contribution in [0.1, 0.15) is 29.3 Å². The Labute approximate surface area is 167 Å². The van der Waals surface area contributed by atoms with E-state index in [2.05, 4.69) is 47.1 Å². The second kappa shape index (κ2) is 9.70. The number of halogens is 1. The van der Waals surface area contributed by atoms with Crippen LogP contribution in [0.5, 0.6) is 5.75 Å². The maximum atomic E-state index is 9.89. The Morgan fingerprint density at radius 3 is 2.44 bits per heavy atom. The fourth-order valence-electron chi connectivity index (χ4n) is 2.75. The van der Waals surface area contributed by atoms with Crippen LogP contribution >= 0.6 is 24.0 Å². The third kappa shape index (κ3) is 5.66. The van der Waals surface area contributed by atoms with Crippen LogP contribution in [0, 0.1) is 13.8 Å². The van der Waals surface area contributed by atoms with Crippen molar-refractivity contribution >= 4 is 29.9 Å². The van der Waals surface area contributed by atoms with Gasteiger partial charge >= 0.3 is 0 Å². The van der Waals surface area contributed by atoms with E-state index in [0.29, 0.717) is 12.3 Å². The van der Waals surface area contributed by atoms with E-state index < -0.39 is 0 Å². The summed E-state index contributed by atoms with van der Waals surface area (Å²) < 4.78 is 2.12. The lowest BCUT2D eigenvalue weighted by Gasteiger charge is -2.22. The Morgan fingerprint density at radius 2 is 1.92 bits per heavy atom. The van der Waals surface area contributed by atoms with Crippen LogP contribution in [0.4, 0.5) is 0 Å². The molecule has 5 nitrogen and oxygen atoms in total. The lowest BCUT2D eigenvalue weighted by molar-refractivity contribution is 0.461. The third-order valence-corrected chi connectivity index (χ3v) is 4.11. The average Bonchev–Trinajstić information content (AvgIpc) is 2.93. The van der Waals surface area contributed by atoms with Crippen LogP contribution in [0.15, 0.2) is 35.5 Å². The van der Waals surface area contributed by atoms with Crippen molar-refractivity contribution in [2.45, 2.75) is 33.9 Å². The van der Waals surface area contributed by atoms with Gasteiger partial charge in [0.05, 0.1) is 13.1 Å². The Balaban J connectivity index is 0.00000312. The molecule has 1 heterocycles. The molecule has 0 fully saturated rings. The molecule has 2 N–H and O–H groups in total. The molecule has 0 aliphatic carbocycles. The van der Waals surface area contributed by atoms with Gasteiger partial charge in [0.1, 0.15) is 5.75 Å². The highest BCUT2D eigenvalue weighted by atomic mass is 127. The van der Waals surface area contributed by atoms with Gasteiger partial charge in [-0.1, -0.05) is 12.1 Å². The highest BCUT2D eigenvalue weighted by molar-refractivity contribution is 14.0. The smallest absolute Gasteiger partial charge is 0.194 e. The second-order valence-corrected chi connectivity index (χ2v) is 6.21. The lowest BCUT2D eigenvalue weighted by atomic mass is 10.1. The number of phenolic OH excluding ortho intramolecular Hbond substituents is 1. The SMILES string of the molecule is CCNC(=NCc1cc(C)c(O)c(C)c1)N(C)Cc1cccn1C.I. The normalized spacial score (nSPS) is 11.2. The van der Waals surface area contributed by atoms with E-state index in [-0.39, 0.29) is 24.0 Å². The van der Waals surface area contributed by atoms with Gasteiger partial charge in [0.2, 0.25) is 0 Å². The number of guanidine groups is 1. The van der Waals surface area contributed by atoms with Crippen molar-refractivity contribution in [2.24, 2.45) is 12.0 Å². The van der Waals surface area contributed by atoms with Crippen LogP contribution in [-0.4, -0.2) is 34.1 Å². The van der Waals surface area contributed by atoms with Gasteiger partial charge in [0.15, 0.2) is 5.96 Å². The molecule has 0 saturated heterocycles. The minimum absolute atomic E-state index is 0. The fraction of sp³-hybridized carbons (Fsp3) is 0.421. The first kappa shape index (κ1) is 21.3. The van der Waals surface area contributed by atoms with Crippen molar-refractivity contribution in [1.82, 2.24) is 14.8 Å². The van der Waals surface area contributed by atoms with E-state index in [1.807, 2.05) is 33.0 Å². The summed E-state index contributed by atoms with van der Waals surface area (Å²) in [5.74, 6) is 1.25. The van der Waals surface area contributed by atoms with Crippen LogP contribution in [0.25, 0.3) is 0 Å². The molecule has 0 aliphatic heterocycles. The minimum atomic E-state index is 0. The quantitative estimate of drug-likeness (QED) is 0.411. The van der Waals surface area contributed by atoms with E-state index in [0.717, 1.165) is 35.7 Å². The number of rotatable bonds is 5. The molecule has 0 amide bonds. The number of benzene rings is 1. The van der Waals surface area contributed by atoms with Crippen molar-refractivity contribution in [3.63, 3.8) is 0 Å². The van der Waals surface area contributed by atoms with Gasteiger partial charge in [0.25, 0.3) is 0 Å². The number of aliphatic imine (C=N–C) groups is 1. The van der Waals surface area contributed by atoms with Gasteiger partial charge in [-0.15, -0.1) is 24.0 Å². The van der Waals surface area contributed by atoms with E-state index >= 15 is 0 Å². The Kier molecular flexibility index (Phi) is 8.28. The Morgan fingerprint density at radius 1 is 1.28 bits per heavy atom. The molecular weight excluding hydrogens is 427 g/mol. The molecule has 2 rings (SSSR count). The average molecular weight is 456 g/mol. The molecule has 0 saturated carbocycles. The van der Waals surface area contributed by atoms with Crippen LogP contribution < -0.4 is 5.32 Å². The monoisotopic (exact) mass is 456 g/mol. The van der Waals surface area contributed by atoms with Gasteiger partial charge in [-0.3, -0.25) is 0 Å². The first-order valence-corrected chi connectivity index (χ1v) is 8.31. The van der Waals surface area contributed by atoms with Crippen molar-refractivity contribution in [3.05, 3.63) is 52.8 Å². The zero-order valence-corrected chi connectivity index (χ0v) is 18.0. The number of phenols is 1. The summed E-state index contributed by atoms with van der Waals surface area (Å²) in [6.07, 6.45) is 2.05. The van der Waals surface area contributed by atoms with Gasteiger partial charge < -0.3 is 19.9 Å². The summed E-state index contributed by atoms with van der Waals surface area (Å²) >= 11 is 0. The van der Waals surface area contributed by atoms with Crippen molar-refractivity contribution in [2.75, 3.05) is 13.6 Å². The topological polar surface area (TPSA) is 52.8 Å². The number of aryl methyl sites for hydroxylation is 3. The van der Waals surface area contributed by atoms with E-state index in [4.69, 9.17) is 4.99 Å². The summed E-state index contributed by atoms with van der Waals surface area (Å²) in [6, 6.07) is 8.15. The number of aromatic nitrogens is 1. The predicted molar refractivity (Wildman–Crippen MR) is 115 cm³/mol. The summed E-state index contributed by atoms with van der Waals surface area (Å²) in [7, 11) is 4.09. The zero-order chi connectivity index (χ0) is 17.7. The first-order chi connectivity index (χ1) is 11.4. The Bertz CT molecular complexity index is 701. The van der Waals surface area contributed by atoms with E-state index in [1.54, 1.807) is 0 Å². The van der Waals surface area contributed by atoms with Crippen molar-refractivity contribution in [3.8, 4) is 5.75 Å². The highest BCUT2D eigenvalue weighted by Crippen LogP contribution is 2.23. The van der Waals surface area contributed by atoms with E-state index in [9.17, 15) is 5.11 Å².